The molecule has 41 heavy (non-hydrogen) atoms. The molecule has 5 heterocycles. The zero-order valence-electron chi connectivity index (χ0n) is 22.8. The van der Waals surface area contributed by atoms with E-state index >= 15 is 4.39 Å². The predicted molar refractivity (Wildman–Crippen MR) is 164 cm³/mol. The van der Waals surface area contributed by atoms with Gasteiger partial charge in [-0.1, -0.05) is 19.4 Å². The summed E-state index contributed by atoms with van der Waals surface area (Å²) < 4.78 is 16.2. The van der Waals surface area contributed by atoms with Crippen LogP contribution in [0.4, 0.5) is 4.39 Å². The molecule has 0 atom stereocenters. The SMILES string of the molecule is C=C(C)c1ccc(-c2nccc3[nH]c(-c4n[nH]c5ccc(-c6cncc(CNCC7CCCC7)c6)c(F)c45)nc23)s1. The number of H-pyrrole nitrogens is 2. The van der Waals surface area contributed by atoms with Crippen LogP contribution in [-0.4, -0.2) is 36.7 Å². The van der Waals surface area contributed by atoms with E-state index in [1.54, 1.807) is 29.8 Å². The molecule has 9 heteroatoms. The van der Waals surface area contributed by atoms with Crippen molar-refractivity contribution in [1.29, 1.82) is 0 Å². The van der Waals surface area contributed by atoms with Crippen LogP contribution in [0.3, 0.4) is 0 Å². The standard InChI is InChI=1S/C32H30FN7S/c1-18(2)25-9-10-26(41-25)30-29-24(11-12-36-30)37-32(38-29)31-27-23(39-40-31)8-7-22(28(27)33)21-13-20(16-35-17-21)15-34-14-19-5-3-4-6-19/h7-13,16-17,19,34H,1,3-6,14-15H2,2H3,(H,37,38)(H,39,40). The Hall–Kier alpha value is -4.21. The summed E-state index contributed by atoms with van der Waals surface area (Å²) in [6, 6.07) is 11.6. The number of thiophene rings is 1. The first-order chi connectivity index (χ1) is 20.0. The normalized spacial score (nSPS) is 14.0. The van der Waals surface area contributed by atoms with Crippen molar-refractivity contribution < 1.29 is 4.39 Å². The van der Waals surface area contributed by atoms with Crippen LogP contribution in [0.25, 0.3) is 60.7 Å². The van der Waals surface area contributed by atoms with E-state index < -0.39 is 0 Å². The smallest absolute Gasteiger partial charge is 0.159 e. The van der Waals surface area contributed by atoms with Gasteiger partial charge in [-0.2, -0.15) is 5.10 Å². The maximum Gasteiger partial charge on any atom is 0.159 e. The molecule has 3 N–H and O–H groups in total. The Morgan fingerprint density at radius 1 is 1.10 bits per heavy atom. The van der Waals surface area contributed by atoms with Crippen LogP contribution in [-0.2, 0) is 6.54 Å². The van der Waals surface area contributed by atoms with Crippen molar-refractivity contribution in [3.05, 3.63) is 77.8 Å². The minimum absolute atomic E-state index is 0.354. The van der Waals surface area contributed by atoms with Gasteiger partial charge < -0.3 is 10.3 Å². The van der Waals surface area contributed by atoms with E-state index in [1.165, 1.54) is 25.7 Å². The van der Waals surface area contributed by atoms with Gasteiger partial charge in [-0.3, -0.25) is 15.1 Å². The van der Waals surface area contributed by atoms with Crippen LogP contribution in [0.2, 0.25) is 0 Å². The van der Waals surface area contributed by atoms with Gasteiger partial charge in [0.05, 0.1) is 21.3 Å². The first-order valence-electron chi connectivity index (χ1n) is 14.0. The number of nitrogens with zero attached hydrogens (tertiary/aromatic N) is 4. The average Bonchev–Trinajstić information content (AvgIpc) is 3.79. The molecule has 1 aliphatic carbocycles. The fourth-order valence-corrected chi connectivity index (χ4v) is 6.69. The second-order valence-corrected chi connectivity index (χ2v) is 12.0. The van der Waals surface area contributed by atoms with Crippen LogP contribution in [0.5, 0.6) is 0 Å². The van der Waals surface area contributed by atoms with Gasteiger partial charge in [0.15, 0.2) is 5.82 Å². The molecule has 7 rings (SSSR count). The molecule has 0 amide bonds. The zero-order chi connectivity index (χ0) is 27.9. The van der Waals surface area contributed by atoms with Crippen molar-refractivity contribution in [2.24, 2.45) is 5.92 Å². The highest BCUT2D eigenvalue weighted by atomic mass is 32.1. The van der Waals surface area contributed by atoms with E-state index in [1.807, 2.05) is 43.5 Å². The molecule has 1 fully saturated rings. The molecule has 0 spiro atoms. The summed E-state index contributed by atoms with van der Waals surface area (Å²) in [6.45, 7) is 7.76. The van der Waals surface area contributed by atoms with Gasteiger partial charge in [-0.25, -0.2) is 9.37 Å². The van der Waals surface area contributed by atoms with E-state index in [2.05, 4.69) is 37.0 Å². The lowest BCUT2D eigenvalue weighted by molar-refractivity contribution is 0.489. The molecule has 0 bridgehead atoms. The van der Waals surface area contributed by atoms with E-state index in [0.717, 1.165) is 50.1 Å². The van der Waals surface area contributed by atoms with E-state index in [9.17, 15) is 0 Å². The first kappa shape index (κ1) is 25.7. The molecule has 206 valence electrons. The summed E-state index contributed by atoms with van der Waals surface area (Å²) in [6.07, 6.45) is 10.6. The summed E-state index contributed by atoms with van der Waals surface area (Å²) in [5.41, 5.74) is 6.59. The maximum absolute atomic E-state index is 16.2. The Balaban J connectivity index is 1.23. The first-order valence-corrected chi connectivity index (χ1v) is 14.8. The van der Waals surface area contributed by atoms with Gasteiger partial charge in [-0.15, -0.1) is 11.3 Å². The third-order valence-electron chi connectivity index (χ3n) is 7.89. The van der Waals surface area contributed by atoms with Gasteiger partial charge in [0.25, 0.3) is 0 Å². The van der Waals surface area contributed by atoms with Gasteiger partial charge in [0.2, 0.25) is 0 Å². The number of aromatic amines is 2. The molecule has 0 saturated heterocycles. The van der Waals surface area contributed by atoms with Crippen molar-refractivity contribution in [3.63, 3.8) is 0 Å². The molecule has 0 radical (unpaired) electrons. The number of nitrogens with one attached hydrogen (secondary N) is 3. The van der Waals surface area contributed by atoms with Crippen molar-refractivity contribution in [1.82, 2.24) is 35.5 Å². The Morgan fingerprint density at radius 2 is 1.98 bits per heavy atom. The number of benzene rings is 1. The van der Waals surface area contributed by atoms with Crippen LogP contribution in [0, 0.1) is 11.7 Å². The fraction of sp³-hybridized carbons (Fsp3) is 0.250. The fourth-order valence-electron chi connectivity index (χ4n) is 5.76. The summed E-state index contributed by atoms with van der Waals surface area (Å²) in [7, 11) is 0. The second kappa shape index (κ2) is 10.6. The van der Waals surface area contributed by atoms with E-state index in [-0.39, 0.29) is 5.82 Å². The largest absolute Gasteiger partial charge is 0.336 e. The molecule has 1 aliphatic rings. The molecule has 1 saturated carbocycles. The number of rotatable bonds is 8. The lowest BCUT2D eigenvalue weighted by atomic mass is 10.0. The summed E-state index contributed by atoms with van der Waals surface area (Å²) in [4.78, 5) is 19.3. The van der Waals surface area contributed by atoms with Crippen LogP contribution >= 0.6 is 11.3 Å². The zero-order valence-corrected chi connectivity index (χ0v) is 23.6. The van der Waals surface area contributed by atoms with Crippen molar-refractivity contribution in [2.75, 3.05) is 6.54 Å². The van der Waals surface area contributed by atoms with Crippen molar-refractivity contribution >= 4 is 38.8 Å². The molecular formula is C32H30FN7S. The summed E-state index contributed by atoms with van der Waals surface area (Å²) in [5.74, 6) is 0.887. The highest BCUT2D eigenvalue weighted by Crippen LogP contribution is 2.37. The van der Waals surface area contributed by atoms with Crippen LogP contribution in [0.15, 0.2) is 61.6 Å². The number of allylic oxidation sites excluding steroid dienone is 1. The number of halogens is 1. The number of hydrogen-bond donors (Lipinski definition) is 3. The summed E-state index contributed by atoms with van der Waals surface area (Å²) in [5, 5.41) is 11.4. The molecule has 0 aliphatic heterocycles. The van der Waals surface area contributed by atoms with Gasteiger partial charge in [0, 0.05) is 41.1 Å². The average molecular weight is 564 g/mol. The Labute approximate surface area is 241 Å². The minimum Gasteiger partial charge on any atom is -0.336 e. The number of hydrogen-bond acceptors (Lipinski definition) is 6. The van der Waals surface area contributed by atoms with Gasteiger partial charge >= 0.3 is 0 Å². The third-order valence-corrected chi connectivity index (χ3v) is 9.15. The predicted octanol–water partition coefficient (Wildman–Crippen LogP) is 7.74. The lowest BCUT2D eigenvalue weighted by Gasteiger charge is -2.11. The molecule has 0 unspecified atom stereocenters. The summed E-state index contributed by atoms with van der Waals surface area (Å²) >= 11 is 1.62. The quantitative estimate of drug-likeness (QED) is 0.176. The maximum atomic E-state index is 16.2. The highest BCUT2D eigenvalue weighted by Gasteiger charge is 2.21. The minimum atomic E-state index is -0.354. The molecule has 7 nitrogen and oxygen atoms in total. The molecule has 6 aromatic rings. The topological polar surface area (TPSA) is 95.2 Å². The number of fused-ring (bicyclic) bond motifs is 2. The Kier molecular flexibility index (Phi) is 6.68. The highest BCUT2D eigenvalue weighted by molar-refractivity contribution is 7.16. The monoisotopic (exact) mass is 563 g/mol. The van der Waals surface area contributed by atoms with Crippen LogP contribution < -0.4 is 5.32 Å². The van der Waals surface area contributed by atoms with Crippen molar-refractivity contribution in [3.8, 4) is 33.2 Å². The Bertz CT molecular complexity index is 1890. The third kappa shape index (κ3) is 4.85. The molecular weight excluding hydrogens is 533 g/mol. The number of pyridine rings is 2. The molecule has 1 aromatic carbocycles. The van der Waals surface area contributed by atoms with Crippen molar-refractivity contribution in [2.45, 2.75) is 39.2 Å². The van der Waals surface area contributed by atoms with Gasteiger partial charge in [-0.05, 0) is 79.8 Å². The number of aromatic nitrogens is 6. The van der Waals surface area contributed by atoms with Crippen LogP contribution in [0.1, 0.15) is 43.0 Å². The Morgan fingerprint density at radius 3 is 2.80 bits per heavy atom. The molecule has 5 aromatic heterocycles. The van der Waals surface area contributed by atoms with E-state index in [0.29, 0.717) is 40.0 Å². The number of imidazole rings is 1. The lowest BCUT2D eigenvalue weighted by Crippen LogP contribution is -2.20. The second-order valence-electron chi connectivity index (χ2n) is 10.9. The van der Waals surface area contributed by atoms with E-state index in [4.69, 9.17) is 4.98 Å². The van der Waals surface area contributed by atoms with Gasteiger partial charge in [0.1, 0.15) is 22.7 Å².